The normalized spacial score (nSPS) is 9.85. The molecule has 2 aromatic rings. The van der Waals surface area contributed by atoms with Crippen molar-refractivity contribution < 1.29 is 18.7 Å². The molecule has 20 heavy (non-hydrogen) atoms. The van der Waals surface area contributed by atoms with E-state index >= 15 is 0 Å². The number of rotatable bonds is 3. The molecule has 2 amide bonds. The minimum Gasteiger partial charge on any atom is -0.444 e. The molecule has 0 unspecified atom stereocenters. The molecule has 1 N–H and O–H groups in total. The minimum absolute atomic E-state index is 0.0389. The molecule has 0 saturated carbocycles. The maximum atomic E-state index is 13.3. The number of benzene rings is 2. The number of alkyl carbamates (subject to hydrolysis) is 1. The number of hydrogen-bond acceptors (Lipinski definition) is 3. The summed E-state index contributed by atoms with van der Waals surface area (Å²) in [5, 5.41) is 1.97. The van der Waals surface area contributed by atoms with Crippen LogP contribution >= 0.6 is 0 Å². The van der Waals surface area contributed by atoms with E-state index < -0.39 is 17.8 Å². The molecule has 4 nitrogen and oxygen atoms in total. The summed E-state index contributed by atoms with van der Waals surface area (Å²) >= 11 is 0. The zero-order valence-corrected chi connectivity index (χ0v) is 10.5. The van der Waals surface area contributed by atoms with E-state index in [1.165, 1.54) is 18.2 Å². The van der Waals surface area contributed by atoms with Crippen molar-refractivity contribution in [1.29, 1.82) is 0 Å². The SMILES string of the molecule is O=C(NC(=O)c1ccccc1F)OCc1ccccc1. The Hall–Kier alpha value is -2.69. The molecule has 0 aliphatic carbocycles. The van der Waals surface area contributed by atoms with Gasteiger partial charge in [-0.05, 0) is 17.7 Å². The van der Waals surface area contributed by atoms with E-state index in [0.717, 1.165) is 11.6 Å². The van der Waals surface area contributed by atoms with Gasteiger partial charge in [0.25, 0.3) is 5.91 Å². The molecule has 0 spiro atoms. The summed E-state index contributed by atoms with van der Waals surface area (Å²) < 4.78 is 18.2. The molecule has 0 saturated heterocycles. The highest BCUT2D eigenvalue weighted by molar-refractivity contribution is 6.02. The van der Waals surface area contributed by atoms with Crippen LogP contribution in [0.5, 0.6) is 0 Å². The summed E-state index contributed by atoms with van der Waals surface area (Å²) in [6.45, 7) is 0.0389. The number of halogens is 1. The summed E-state index contributed by atoms with van der Waals surface area (Å²) in [5.74, 6) is -1.53. The van der Waals surface area contributed by atoms with E-state index in [0.29, 0.717) is 0 Å². The van der Waals surface area contributed by atoms with Gasteiger partial charge in [0.2, 0.25) is 0 Å². The van der Waals surface area contributed by atoms with E-state index in [1.54, 1.807) is 24.3 Å². The third-order valence-electron chi connectivity index (χ3n) is 2.55. The molecule has 0 heterocycles. The molecule has 0 bridgehead atoms. The van der Waals surface area contributed by atoms with E-state index in [9.17, 15) is 14.0 Å². The second-order valence-corrected chi connectivity index (χ2v) is 4.00. The van der Waals surface area contributed by atoms with Crippen molar-refractivity contribution in [2.45, 2.75) is 6.61 Å². The first-order valence-corrected chi connectivity index (χ1v) is 5.93. The van der Waals surface area contributed by atoms with Gasteiger partial charge in [-0.1, -0.05) is 42.5 Å². The third kappa shape index (κ3) is 3.65. The van der Waals surface area contributed by atoms with Crippen LogP contribution in [0.2, 0.25) is 0 Å². The molecule has 2 aromatic carbocycles. The fourth-order valence-corrected chi connectivity index (χ4v) is 1.56. The second-order valence-electron chi connectivity index (χ2n) is 4.00. The van der Waals surface area contributed by atoms with Gasteiger partial charge in [0.15, 0.2) is 0 Å². The zero-order chi connectivity index (χ0) is 14.4. The fourth-order valence-electron chi connectivity index (χ4n) is 1.56. The molecule has 0 aliphatic heterocycles. The number of nitrogens with one attached hydrogen (secondary N) is 1. The van der Waals surface area contributed by atoms with E-state index in [4.69, 9.17) is 4.74 Å². The Morgan fingerprint density at radius 1 is 1.00 bits per heavy atom. The van der Waals surface area contributed by atoms with Crippen molar-refractivity contribution in [3.05, 3.63) is 71.5 Å². The number of carbonyl (C=O) groups excluding carboxylic acids is 2. The average molecular weight is 273 g/mol. The fraction of sp³-hybridized carbons (Fsp3) is 0.0667. The lowest BCUT2D eigenvalue weighted by molar-refractivity contribution is 0.0909. The lowest BCUT2D eigenvalue weighted by atomic mass is 10.2. The summed E-state index contributed by atoms with van der Waals surface area (Å²) in [6, 6.07) is 14.4. The van der Waals surface area contributed by atoms with Crippen LogP contribution in [-0.4, -0.2) is 12.0 Å². The van der Waals surface area contributed by atoms with E-state index in [1.807, 2.05) is 11.4 Å². The average Bonchev–Trinajstić information content (AvgIpc) is 2.46. The summed E-state index contributed by atoms with van der Waals surface area (Å²) in [7, 11) is 0. The van der Waals surface area contributed by atoms with Gasteiger partial charge in [0.1, 0.15) is 12.4 Å². The van der Waals surface area contributed by atoms with Crippen LogP contribution in [-0.2, 0) is 11.3 Å². The minimum atomic E-state index is -0.915. The standard InChI is InChI=1S/C15H12FNO3/c16-13-9-5-4-8-12(13)14(18)17-15(19)20-10-11-6-2-1-3-7-11/h1-9H,10H2,(H,17,18,19). The first kappa shape index (κ1) is 13.7. The van der Waals surface area contributed by atoms with Crippen LogP contribution in [0.25, 0.3) is 0 Å². The van der Waals surface area contributed by atoms with Crippen molar-refractivity contribution in [3.63, 3.8) is 0 Å². The van der Waals surface area contributed by atoms with Crippen LogP contribution in [0.4, 0.5) is 9.18 Å². The smallest absolute Gasteiger partial charge is 0.414 e. The van der Waals surface area contributed by atoms with Crippen molar-refractivity contribution in [2.75, 3.05) is 0 Å². The topological polar surface area (TPSA) is 55.4 Å². The molecule has 5 heteroatoms. The van der Waals surface area contributed by atoms with Crippen LogP contribution in [0.3, 0.4) is 0 Å². The predicted molar refractivity (Wildman–Crippen MR) is 70.5 cm³/mol. The molecular formula is C15H12FNO3. The van der Waals surface area contributed by atoms with Crippen LogP contribution in [0, 0.1) is 5.82 Å². The van der Waals surface area contributed by atoms with Gasteiger partial charge in [0.05, 0.1) is 5.56 Å². The van der Waals surface area contributed by atoms with Gasteiger partial charge in [-0.15, -0.1) is 0 Å². The van der Waals surface area contributed by atoms with Gasteiger partial charge in [-0.3, -0.25) is 10.1 Å². The third-order valence-corrected chi connectivity index (χ3v) is 2.55. The predicted octanol–water partition coefficient (Wildman–Crippen LogP) is 2.89. The van der Waals surface area contributed by atoms with Gasteiger partial charge in [-0.25, -0.2) is 9.18 Å². The second kappa shape index (κ2) is 6.47. The molecule has 0 atom stereocenters. The van der Waals surface area contributed by atoms with E-state index in [2.05, 4.69) is 0 Å². The Labute approximate surface area is 115 Å². The number of imide groups is 1. The molecule has 0 radical (unpaired) electrons. The zero-order valence-electron chi connectivity index (χ0n) is 10.5. The highest BCUT2D eigenvalue weighted by atomic mass is 19.1. The van der Waals surface area contributed by atoms with Crippen molar-refractivity contribution >= 4 is 12.0 Å². The first-order chi connectivity index (χ1) is 9.66. The molecular weight excluding hydrogens is 261 g/mol. The molecule has 0 fully saturated rings. The summed E-state index contributed by atoms with van der Waals surface area (Å²) in [5.41, 5.74) is 0.588. The Kier molecular flexibility index (Phi) is 4.44. The molecule has 0 aromatic heterocycles. The Morgan fingerprint density at radius 2 is 1.65 bits per heavy atom. The number of ether oxygens (including phenoxy) is 1. The Balaban J connectivity index is 1.89. The van der Waals surface area contributed by atoms with Gasteiger partial charge < -0.3 is 4.74 Å². The van der Waals surface area contributed by atoms with E-state index in [-0.39, 0.29) is 12.2 Å². The van der Waals surface area contributed by atoms with Crippen LogP contribution < -0.4 is 5.32 Å². The Bertz CT molecular complexity index is 614. The molecule has 0 aliphatic rings. The lowest BCUT2D eigenvalue weighted by Gasteiger charge is -2.06. The number of amides is 2. The number of hydrogen-bond donors (Lipinski definition) is 1. The maximum Gasteiger partial charge on any atom is 0.414 e. The van der Waals surface area contributed by atoms with Crippen molar-refractivity contribution in [1.82, 2.24) is 5.32 Å². The van der Waals surface area contributed by atoms with Crippen molar-refractivity contribution in [2.24, 2.45) is 0 Å². The van der Waals surface area contributed by atoms with Gasteiger partial charge in [0, 0.05) is 0 Å². The monoisotopic (exact) mass is 273 g/mol. The quantitative estimate of drug-likeness (QED) is 0.935. The van der Waals surface area contributed by atoms with Crippen LogP contribution in [0.15, 0.2) is 54.6 Å². The highest BCUT2D eigenvalue weighted by Crippen LogP contribution is 2.06. The van der Waals surface area contributed by atoms with Crippen LogP contribution in [0.1, 0.15) is 15.9 Å². The van der Waals surface area contributed by atoms with Crippen molar-refractivity contribution in [3.8, 4) is 0 Å². The molecule has 102 valence electrons. The van der Waals surface area contributed by atoms with Gasteiger partial charge >= 0.3 is 6.09 Å². The largest absolute Gasteiger partial charge is 0.444 e. The summed E-state index contributed by atoms with van der Waals surface area (Å²) in [6.07, 6.45) is -0.915. The van der Waals surface area contributed by atoms with Gasteiger partial charge in [-0.2, -0.15) is 0 Å². The Morgan fingerprint density at radius 3 is 2.35 bits per heavy atom. The highest BCUT2D eigenvalue weighted by Gasteiger charge is 2.14. The lowest BCUT2D eigenvalue weighted by Crippen LogP contribution is -2.31. The molecule has 2 rings (SSSR count). The number of carbonyl (C=O) groups is 2. The first-order valence-electron chi connectivity index (χ1n) is 5.93. The summed E-state index contributed by atoms with van der Waals surface area (Å²) in [4.78, 5) is 23.1. The maximum absolute atomic E-state index is 13.3.